The molecule has 1 aromatic heterocycles. The van der Waals surface area contributed by atoms with E-state index in [2.05, 4.69) is 4.74 Å². The molecule has 0 spiro atoms. The van der Waals surface area contributed by atoms with Crippen LogP contribution in [-0.2, 0) is 6.61 Å². The molecule has 3 rings (SSSR count). The van der Waals surface area contributed by atoms with Crippen molar-refractivity contribution in [3.05, 3.63) is 88.9 Å². The van der Waals surface area contributed by atoms with Crippen molar-refractivity contribution in [2.24, 2.45) is 0 Å². The Morgan fingerprint density at radius 2 is 1.61 bits per heavy atom. The van der Waals surface area contributed by atoms with E-state index in [4.69, 9.17) is 9.15 Å². The molecule has 0 fully saturated rings. The summed E-state index contributed by atoms with van der Waals surface area (Å²) in [6, 6.07) is 7.86. The van der Waals surface area contributed by atoms with Crippen molar-refractivity contribution >= 4 is 11.9 Å². The van der Waals surface area contributed by atoms with E-state index in [0.717, 1.165) is 6.08 Å². The number of hydrogen-bond donors (Lipinski definition) is 0. The molecule has 0 aliphatic carbocycles. The number of allylic oxidation sites excluding steroid dienone is 1. The fourth-order valence-electron chi connectivity index (χ4n) is 2.44. The Morgan fingerprint density at radius 1 is 0.968 bits per heavy atom. The van der Waals surface area contributed by atoms with Crippen LogP contribution in [0.4, 0.5) is 26.3 Å². The van der Waals surface area contributed by atoms with Gasteiger partial charge in [-0.1, -0.05) is 0 Å². The first-order valence-electron chi connectivity index (χ1n) is 8.56. The molecule has 0 unspecified atom stereocenters. The van der Waals surface area contributed by atoms with Crippen LogP contribution in [-0.4, -0.2) is 12.4 Å². The van der Waals surface area contributed by atoms with E-state index in [0.29, 0.717) is 0 Å². The molecule has 0 saturated heterocycles. The number of rotatable bonds is 8. The second-order valence-corrected chi connectivity index (χ2v) is 5.99. The van der Waals surface area contributed by atoms with Gasteiger partial charge in [0, 0.05) is 11.6 Å². The lowest BCUT2D eigenvalue weighted by Crippen LogP contribution is -2.03. The largest absolute Gasteiger partial charge is 0.479 e. The van der Waals surface area contributed by atoms with E-state index in [1.807, 2.05) is 0 Å². The van der Waals surface area contributed by atoms with Crippen LogP contribution in [0.3, 0.4) is 0 Å². The van der Waals surface area contributed by atoms with Crippen molar-refractivity contribution in [3.8, 4) is 11.5 Å². The van der Waals surface area contributed by atoms with Crippen molar-refractivity contribution in [1.82, 2.24) is 0 Å². The lowest BCUT2D eigenvalue weighted by atomic mass is 10.1. The van der Waals surface area contributed by atoms with Crippen molar-refractivity contribution in [2.75, 3.05) is 0 Å². The second kappa shape index (κ2) is 9.41. The van der Waals surface area contributed by atoms with Gasteiger partial charge in [0.05, 0.1) is 0 Å². The molecule has 0 atom stereocenters. The summed E-state index contributed by atoms with van der Waals surface area (Å²) in [5, 5.41) is 0. The summed E-state index contributed by atoms with van der Waals surface area (Å²) in [7, 11) is 0. The molecule has 3 aromatic rings. The van der Waals surface area contributed by atoms with Crippen molar-refractivity contribution < 1.29 is 45.0 Å². The topological polar surface area (TPSA) is 48.7 Å². The molecule has 0 amide bonds. The first kappa shape index (κ1) is 22.0. The van der Waals surface area contributed by atoms with E-state index in [1.165, 1.54) is 42.5 Å². The SMILES string of the molecule is O=C(/C=C/c1ccc(COc2c(F)c(F)cc(F)c2F)o1)c1ccc(OC(F)F)cc1. The van der Waals surface area contributed by atoms with E-state index in [-0.39, 0.29) is 28.9 Å². The summed E-state index contributed by atoms with van der Waals surface area (Å²) in [5.41, 5.74) is 0.201. The Kier molecular flexibility index (Phi) is 6.68. The van der Waals surface area contributed by atoms with Gasteiger partial charge in [-0.05, 0) is 48.6 Å². The molecule has 2 aromatic carbocycles. The van der Waals surface area contributed by atoms with Crippen LogP contribution in [0.5, 0.6) is 11.5 Å². The summed E-state index contributed by atoms with van der Waals surface area (Å²) in [6.07, 6.45) is 2.44. The van der Waals surface area contributed by atoms with E-state index in [9.17, 15) is 31.1 Å². The number of carbonyl (C=O) groups excluding carboxylic acids is 1. The summed E-state index contributed by atoms with van der Waals surface area (Å²) >= 11 is 0. The highest BCUT2D eigenvalue weighted by molar-refractivity contribution is 6.06. The van der Waals surface area contributed by atoms with Gasteiger partial charge in [0.25, 0.3) is 0 Å². The molecule has 0 radical (unpaired) electrons. The minimum Gasteiger partial charge on any atom is -0.479 e. The fraction of sp³-hybridized carbons (Fsp3) is 0.0952. The lowest BCUT2D eigenvalue weighted by molar-refractivity contribution is -0.0498. The first-order valence-corrected chi connectivity index (χ1v) is 8.56. The summed E-state index contributed by atoms with van der Waals surface area (Å²) in [4.78, 5) is 12.1. The normalized spacial score (nSPS) is 11.3. The highest BCUT2D eigenvalue weighted by Gasteiger charge is 2.21. The van der Waals surface area contributed by atoms with Gasteiger partial charge in [0.2, 0.25) is 11.6 Å². The zero-order valence-electron chi connectivity index (χ0n) is 15.4. The fourth-order valence-corrected chi connectivity index (χ4v) is 2.44. The minimum atomic E-state index is -2.98. The molecule has 31 heavy (non-hydrogen) atoms. The molecule has 162 valence electrons. The number of furan rings is 1. The van der Waals surface area contributed by atoms with Crippen LogP contribution in [0, 0.1) is 23.3 Å². The van der Waals surface area contributed by atoms with E-state index in [1.54, 1.807) is 0 Å². The average Bonchev–Trinajstić information content (AvgIpc) is 3.18. The number of hydrogen-bond acceptors (Lipinski definition) is 4. The molecule has 10 heteroatoms. The molecule has 0 bridgehead atoms. The standard InChI is InChI=1S/C21H12F6O4/c22-15-9-16(23)19(25)20(18(15)24)29-10-14-6-5-12(30-14)7-8-17(28)11-1-3-13(4-2-11)31-21(26)27/h1-9,21H,10H2/b8-7+. The predicted molar refractivity (Wildman–Crippen MR) is 95.8 cm³/mol. The van der Waals surface area contributed by atoms with Gasteiger partial charge in [-0.15, -0.1) is 0 Å². The number of ether oxygens (including phenoxy) is 2. The van der Waals surface area contributed by atoms with Gasteiger partial charge in [0.15, 0.2) is 23.2 Å². The van der Waals surface area contributed by atoms with Gasteiger partial charge >= 0.3 is 6.61 Å². The summed E-state index contributed by atoms with van der Waals surface area (Å²) < 4.78 is 92.0. The maximum absolute atomic E-state index is 13.6. The Hall–Kier alpha value is -3.69. The van der Waals surface area contributed by atoms with Crippen molar-refractivity contribution in [1.29, 1.82) is 0 Å². The molecule has 0 aliphatic heterocycles. The number of benzene rings is 2. The second-order valence-electron chi connectivity index (χ2n) is 5.99. The summed E-state index contributed by atoms with van der Waals surface area (Å²) in [5.74, 6) is -8.12. The van der Waals surface area contributed by atoms with E-state index >= 15 is 0 Å². The van der Waals surface area contributed by atoms with Crippen LogP contribution in [0.15, 0.2) is 53.0 Å². The Balaban J connectivity index is 1.62. The monoisotopic (exact) mass is 442 g/mol. The Bertz CT molecular complexity index is 1080. The van der Waals surface area contributed by atoms with Gasteiger partial charge in [0.1, 0.15) is 23.9 Å². The van der Waals surface area contributed by atoms with Gasteiger partial charge in [-0.25, -0.2) is 8.78 Å². The number of alkyl halides is 2. The Labute approximate surface area is 171 Å². The predicted octanol–water partition coefficient (Wildman–Crippen LogP) is 5.91. The quantitative estimate of drug-likeness (QED) is 0.188. The van der Waals surface area contributed by atoms with Crippen LogP contribution in [0.25, 0.3) is 6.08 Å². The molecule has 4 nitrogen and oxygen atoms in total. The third kappa shape index (κ3) is 5.47. The van der Waals surface area contributed by atoms with Crippen molar-refractivity contribution in [2.45, 2.75) is 13.2 Å². The molecule has 0 saturated carbocycles. The zero-order chi connectivity index (χ0) is 22.5. The minimum absolute atomic E-state index is 0.0592. The lowest BCUT2D eigenvalue weighted by Gasteiger charge is -2.08. The average molecular weight is 442 g/mol. The van der Waals surface area contributed by atoms with Crippen molar-refractivity contribution in [3.63, 3.8) is 0 Å². The maximum atomic E-state index is 13.6. The molecule has 1 heterocycles. The van der Waals surface area contributed by atoms with E-state index < -0.39 is 48.0 Å². The Morgan fingerprint density at radius 3 is 2.23 bits per heavy atom. The van der Waals surface area contributed by atoms with Crippen LogP contribution in [0.2, 0.25) is 0 Å². The van der Waals surface area contributed by atoms with Crippen LogP contribution >= 0.6 is 0 Å². The molecule has 0 aliphatic rings. The maximum Gasteiger partial charge on any atom is 0.387 e. The zero-order valence-corrected chi connectivity index (χ0v) is 15.4. The highest BCUT2D eigenvalue weighted by atomic mass is 19.3. The smallest absolute Gasteiger partial charge is 0.387 e. The van der Waals surface area contributed by atoms with Gasteiger partial charge < -0.3 is 13.9 Å². The highest BCUT2D eigenvalue weighted by Crippen LogP contribution is 2.27. The summed E-state index contributed by atoms with van der Waals surface area (Å²) in [6.45, 7) is -3.52. The number of carbonyl (C=O) groups is 1. The molecular weight excluding hydrogens is 430 g/mol. The third-order valence-corrected chi connectivity index (χ3v) is 3.88. The molecule has 0 N–H and O–H groups in total. The number of ketones is 1. The number of halogens is 6. The van der Waals surface area contributed by atoms with Crippen LogP contribution in [0.1, 0.15) is 21.9 Å². The third-order valence-electron chi connectivity index (χ3n) is 3.88. The van der Waals surface area contributed by atoms with Gasteiger partial charge in [-0.2, -0.15) is 17.6 Å². The van der Waals surface area contributed by atoms with Crippen LogP contribution < -0.4 is 9.47 Å². The molecular formula is C21H12F6O4. The first-order chi connectivity index (χ1) is 14.7. The van der Waals surface area contributed by atoms with Gasteiger partial charge in [-0.3, -0.25) is 4.79 Å².